The molecule has 19 heavy (non-hydrogen) atoms. The molecule has 0 N–H and O–H groups in total. The molecule has 0 rings (SSSR count). The summed E-state index contributed by atoms with van der Waals surface area (Å²) in [6.07, 6.45) is 5.26. The van der Waals surface area contributed by atoms with Gasteiger partial charge in [0.05, 0.1) is 0 Å². The van der Waals surface area contributed by atoms with E-state index in [-0.39, 0.29) is 11.9 Å². The van der Waals surface area contributed by atoms with Crippen molar-refractivity contribution in [3.8, 4) is 0 Å². The summed E-state index contributed by atoms with van der Waals surface area (Å²) >= 11 is 6.62. The van der Waals surface area contributed by atoms with Crippen LogP contribution in [-0.4, -0.2) is 44.9 Å². The van der Waals surface area contributed by atoms with Crippen molar-refractivity contribution in [2.24, 2.45) is 0 Å². The molecule has 0 aromatic carbocycles. The molecule has 111 valence electrons. The van der Waals surface area contributed by atoms with Crippen molar-refractivity contribution in [3.63, 3.8) is 0 Å². The van der Waals surface area contributed by atoms with Crippen LogP contribution < -0.4 is 0 Å². The Kier molecular flexibility index (Phi) is 12.5. The summed E-state index contributed by atoms with van der Waals surface area (Å²) in [5.41, 5.74) is 0. The first-order valence-electron chi connectivity index (χ1n) is 6.51. The molecule has 0 bridgehead atoms. The van der Waals surface area contributed by atoms with Gasteiger partial charge in [0.1, 0.15) is 0 Å². The molecular formula is C12H22O4S2Sb. The van der Waals surface area contributed by atoms with E-state index < -0.39 is 33.0 Å². The molecule has 0 heterocycles. The van der Waals surface area contributed by atoms with Crippen molar-refractivity contribution in [1.29, 1.82) is 0 Å². The maximum atomic E-state index is 11.5. The van der Waals surface area contributed by atoms with Crippen LogP contribution in [0.2, 0.25) is 0 Å². The quantitative estimate of drug-likeness (QED) is 0.425. The Morgan fingerprint density at radius 2 is 1.32 bits per heavy atom. The van der Waals surface area contributed by atoms with Gasteiger partial charge in [-0.1, -0.05) is 0 Å². The van der Waals surface area contributed by atoms with E-state index in [4.69, 9.17) is 6.03 Å². The van der Waals surface area contributed by atoms with Gasteiger partial charge in [0, 0.05) is 0 Å². The molecule has 4 nitrogen and oxygen atoms in total. The van der Waals surface area contributed by atoms with Crippen molar-refractivity contribution in [3.05, 3.63) is 0 Å². The van der Waals surface area contributed by atoms with Crippen LogP contribution in [0, 0.1) is 0 Å². The Labute approximate surface area is 137 Å². The van der Waals surface area contributed by atoms with Crippen LogP contribution in [0.4, 0.5) is 0 Å². The number of carbonyl (C=O) groups excluding carboxylic acids is 2. The molecule has 0 amide bonds. The first-order chi connectivity index (χ1) is 9.02. The third-order valence-corrected chi connectivity index (χ3v) is 4.85. The topological polar surface area (TPSA) is 52.6 Å². The zero-order chi connectivity index (χ0) is 14.7. The predicted octanol–water partition coefficient (Wildman–Crippen LogP) is 2.58. The van der Waals surface area contributed by atoms with Gasteiger partial charge in [-0.2, -0.15) is 0 Å². The van der Waals surface area contributed by atoms with E-state index in [1.54, 1.807) is 0 Å². The summed E-state index contributed by atoms with van der Waals surface area (Å²) in [4.78, 5) is 23.0. The molecule has 7 heteroatoms. The fraction of sp³-hybridized carbons (Fsp3) is 0.833. The van der Waals surface area contributed by atoms with Crippen LogP contribution >= 0.6 is 25.3 Å². The van der Waals surface area contributed by atoms with E-state index >= 15 is 0 Å². The van der Waals surface area contributed by atoms with Gasteiger partial charge in [0.2, 0.25) is 0 Å². The van der Waals surface area contributed by atoms with Crippen molar-refractivity contribution < 1.29 is 15.6 Å². The third kappa shape index (κ3) is 9.91. The fourth-order valence-electron chi connectivity index (χ4n) is 1.24. The normalized spacial score (nSPS) is 13.7. The molecule has 2 atom stereocenters. The average molecular weight is 416 g/mol. The molecule has 1 radical (unpaired) electrons. The molecule has 0 aromatic rings. The number of unbranched alkanes of at least 4 members (excludes halogenated alkanes) is 2. The van der Waals surface area contributed by atoms with Gasteiger partial charge in [-0.3, -0.25) is 0 Å². The molecule has 0 aromatic heterocycles. The van der Waals surface area contributed by atoms with Crippen LogP contribution in [-0.2, 0) is 15.6 Å². The monoisotopic (exact) mass is 415 g/mol. The first-order valence-corrected chi connectivity index (χ1v) is 9.62. The van der Waals surface area contributed by atoms with Gasteiger partial charge in [0.15, 0.2) is 0 Å². The van der Waals surface area contributed by atoms with Gasteiger partial charge in [-0.05, 0) is 0 Å². The summed E-state index contributed by atoms with van der Waals surface area (Å²) in [6, 6.07) is 0. The second-order valence-electron chi connectivity index (χ2n) is 4.21. The van der Waals surface area contributed by atoms with Crippen LogP contribution in [0.15, 0.2) is 0 Å². The minimum atomic E-state index is -1.71. The third-order valence-electron chi connectivity index (χ3n) is 2.46. The Morgan fingerprint density at radius 3 is 1.63 bits per heavy atom. The maximum absolute atomic E-state index is 11.5. The molecule has 2 unspecified atom stereocenters. The summed E-state index contributed by atoms with van der Waals surface area (Å²) in [5.74, 6) is -0.767. The molecule has 0 saturated carbocycles. The van der Waals surface area contributed by atoms with Crippen molar-refractivity contribution in [2.75, 3.05) is 0 Å². The van der Waals surface area contributed by atoms with E-state index in [2.05, 4.69) is 25.3 Å². The van der Waals surface area contributed by atoms with Gasteiger partial charge in [-0.15, -0.1) is 0 Å². The standard InChI is InChI=1S/2C6H12O2S.Sb/c2*1-2-3-4-5(9)6(7)8;/h2*5,9H,2-4H2,1H3,(H,7,8);/q;;+2/p-2. The summed E-state index contributed by atoms with van der Waals surface area (Å²) in [5, 5.41) is -0.831. The summed E-state index contributed by atoms with van der Waals surface area (Å²) in [6.45, 7) is 4.10. The van der Waals surface area contributed by atoms with E-state index in [1.807, 2.05) is 13.8 Å². The van der Waals surface area contributed by atoms with Gasteiger partial charge < -0.3 is 0 Å². The Morgan fingerprint density at radius 1 is 0.947 bits per heavy atom. The molecule has 0 fully saturated rings. The molecule has 0 saturated heterocycles. The second-order valence-corrected chi connectivity index (χ2v) is 6.93. The molecule has 0 aliphatic rings. The van der Waals surface area contributed by atoms with Crippen LogP contribution in [0.5, 0.6) is 0 Å². The Hall–Kier alpha value is 0.458. The second kappa shape index (κ2) is 12.2. The minimum absolute atomic E-state index is 0.383. The number of thiol groups is 2. The van der Waals surface area contributed by atoms with Crippen LogP contribution in [0.1, 0.15) is 52.4 Å². The Balaban J connectivity index is 3.77. The molecule has 0 spiro atoms. The van der Waals surface area contributed by atoms with E-state index in [0.29, 0.717) is 12.8 Å². The molecule has 0 aliphatic carbocycles. The number of hydrogen-bond acceptors (Lipinski definition) is 6. The number of carbonyl (C=O) groups is 2. The number of rotatable bonds is 10. The molecular weight excluding hydrogens is 394 g/mol. The first kappa shape index (κ1) is 19.5. The van der Waals surface area contributed by atoms with E-state index in [9.17, 15) is 9.59 Å². The molecule has 0 aliphatic heterocycles. The summed E-state index contributed by atoms with van der Waals surface area (Å²) < 4.78 is 9.97. The van der Waals surface area contributed by atoms with Crippen molar-refractivity contribution in [1.82, 2.24) is 0 Å². The zero-order valence-corrected chi connectivity index (χ0v) is 15.7. The van der Waals surface area contributed by atoms with Gasteiger partial charge in [-0.25, -0.2) is 0 Å². The van der Waals surface area contributed by atoms with E-state index in [1.165, 1.54) is 0 Å². The Bertz CT molecular complexity index is 250. The zero-order valence-electron chi connectivity index (χ0n) is 11.4. The fourth-order valence-corrected chi connectivity index (χ4v) is 3.46. The van der Waals surface area contributed by atoms with Crippen molar-refractivity contribution >= 4 is 59.7 Å². The van der Waals surface area contributed by atoms with Gasteiger partial charge >= 0.3 is 138 Å². The van der Waals surface area contributed by atoms with Crippen LogP contribution in [0.3, 0.4) is 0 Å². The average Bonchev–Trinajstić information content (AvgIpc) is 2.41. The van der Waals surface area contributed by atoms with Gasteiger partial charge in [0.25, 0.3) is 0 Å². The van der Waals surface area contributed by atoms with E-state index in [0.717, 1.165) is 25.7 Å². The van der Waals surface area contributed by atoms with Crippen LogP contribution in [0.25, 0.3) is 0 Å². The number of hydrogen-bond donors (Lipinski definition) is 2. The van der Waals surface area contributed by atoms with Crippen molar-refractivity contribution in [2.45, 2.75) is 62.9 Å². The predicted molar refractivity (Wildman–Crippen MR) is 82.5 cm³/mol. The SMILES string of the molecule is CCCCC(S)C(=O)[O][Sb][O]C(=O)C(S)CCCC. The summed E-state index contributed by atoms with van der Waals surface area (Å²) in [7, 11) is 0.